The minimum atomic E-state index is -1.91. The molecule has 0 aliphatic carbocycles. The zero-order chi connectivity index (χ0) is 16.8. The molecule has 118 valence electrons. The van der Waals surface area contributed by atoms with Crippen molar-refractivity contribution in [3.8, 4) is 0 Å². The van der Waals surface area contributed by atoms with Crippen molar-refractivity contribution in [2.75, 3.05) is 5.32 Å². The van der Waals surface area contributed by atoms with E-state index < -0.39 is 17.3 Å². The Morgan fingerprint density at radius 1 is 1.17 bits per heavy atom. The Balaban J connectivity index is 1.95. The number of rotatable bonds is 3. The van der Waals surface area contributed by atoms with Crippen molar-refractivity contribution in [3.63, 3.8) is 0 Å². The van der Waals surface area contributed by atoms with E-state index >= 15 is 0 Å². The lowest BCUT2D eigenvalue weighted by molar-refractivity contribution is -0.133. The third kappa shape index (κ3) is 2.90. The highest BCUT2D eigenvalue weighted by Gasteiger charge is 2.46. The van der Waals surface area contributed by atoms with E-state index in [2.05, 4.69) is 21.2 Å². The summed E-state index contributed by atoms with van der Waals surface area (Å²) in [6.45, 7) is 0. The molecular weight excluding hydrogens is 405 g/mol. The molecule has 2 aromatic rings. The van der Waals surface area contributed by atoms with Gasteiger partial charge in [0.05, 0.1) is 16.5 Å². The van der Waals surface area contributed by atoms with Gasteiger partial charge in [0.15, 0.2) is 11.4 Å². The lowest BCUT2D eigenvalue weighted by atomic mass is 9.88. The molecule has 3 rings (SSSR count). The smallest absolute Gasteiger partial charge is 0.261 e. The fourth-order valence-corrected chi connectivity index (χ4v) is 3.15. The van der Waals surface area contributed by atoms with E-state index in [1.54, 1.807) is 18.2 Å². The second-order valence-corrected chi connectivity index (χ2v) is 6.96. The van der Waals surface area contributed by atoms with Gasteiger partial charge in [0.1, 0.15) is 0 Å². The van der Waals surface area contributed by atoms with Crippen molar-refractivity contribution < 1.29 is 14.7 Å². The lowest BCUT2D eigenvalue weighted by Gasteiger charge is -2.20. The van der Waals surface area contributed by atoms with Gasteiger partial charge in [-0.25, -0.2) is 0 Å². The number of halogens is 3. The van der Waals surface area contributed by atoms with Crippen LogP contribution in [-0.2, 0) is 10.4 Å². The summed E-state index contributed by atoms with van der Waals surface area (Å²) in [5.41, 5.74) is -0.778. The predicted molar refractivity (Wildman–Crippen MR) is 92.1 cm³/mol. The first-order valence-electron chi connectivity index (χ1n) is 6.63. The van der Waals surface area contributed by atoms with Gasteiger partial charge in [0.2, 0.25) is 0 Å². The zero-order valence-electron chi connectivity index (χ0n) is 11.6. The summed E-state index contributed by atoms with van der Waals surface area (Å²) in [7, 11) is 0. The third-order valence-corrected chi connectivity index (χ3v) is 4.94. The number of carbonyl (C=O) groups excluding carboxylic acids is 2. The molecule has 0 spiro atoms. The van der Waals surface area contributed by atoms with E-state index in [1.165, 1.54) is 18.2 Å². The SMILES string of the molecule is O=C(C[C@]1(O)C(=O)Nc2ccc(Br)cc21)c1ccc(Cl)c(Cl)c1. The Labute approximate surface area is 150 Å². The van der Waals surface area contributed by atoms with Gasteiger partial charge in [-0.15, -0.1) is 0 Å². The second-order valence-electron chi connectivity index (χ2n) is 5.23. The maximum absolute atomic E-state index is 12.5. The molecule has 0 saturated heterocycles. The Bertz CT molecular complexity index is 840. The molecule has 0 radical (unpaired) electrons. The van der Waals surface area contributed by atoms with Crippen molar-refractivity contribution in [1.82, 2.24) is 0 Å². The molecular formula is C16H10BrCl2NO3. The maximum atomic E-state index is 12.5. The Morgan fingerprint density at radius 2 is 1.91 bits per heavy atom. The standard InChI is InChI=1S/C16H10BrCl2NO3/c17-9-2-4-13-10(6-9)16(23,15(22)20-13)7-14(21)8-1-3-11(18)12(19)5-8/h1-6,23H,7H2,(H,20,22)/t16-/m1/s1. The first-order chi connectivity index (χ1) is 10.8. The van der Waals surface area contributed by atoms with Crippen LogP contribution in [0, 0.1) is 0 Å². The quantitative estimate of drug-likeness (QED) is 0.740. The van der Waals surface area contributed by atoms with Gasteiger partial charge in [-0.05, 0) is 36.4 Å². The molecule has 2 aromatic carbocycles. The molecule has 0 saturated carbocycles. The summed E-state index contributed by atoms with van der Waals surface area (Å²) < 4.78 is 0.702. The van der Waals surface area contributed by atoms with Crippen LogP contribution < -0.4 is 5.32 Å². The molecule has 0 bridgehead atoms. The first-order valence-corrected chi connectivity index (χ1v) is 8.18. The van der Waals surface area contributed by atoms with Crippen LogP contribution in [-0.4, -0.2) is 16.8 Å². The zero-order valence-corrected chi connectivity index (χ0v) is 14.7. The Hall–Kier alpha value is -1.40. The van der Waals surface area contributed by atoms with Gasteiger partial charge >= 0.3 is 0 Å². The van der Waals surface area contributed by atoms with Gasteiger partial charge in [0, 0.05) is 21.3 Å². The van der Waals surface area contributed by atoms with Crippen molar-refractivity contribution in [1.29, 1.82) is 0 Å². The molecule has 4 nitrogen and oxygen atoms in total. The minimum Gasteiger partial charge on any atom is -0.375 e. The van der Waals surface area contributed by atoms with Crippen molar-refractivity contribution in [2.24, 2.45) is 0 Å². The molecule has 1 atom stereocenters. The Morgan fingerprint density at radius 3 is 2.61 bits per heavy atom. The van der Waals surface area contributed by atoms with Crippen LogP contribution in [0.25, 0.3) is 0 Å². The lowest BCUT2D eigenvalue weighted by Crippen LogP contribution is -2.36. The van der Waals surface area contributed by atoms with Crippen molar-refractivity contribution >= 4 is 56.5 Å². The number of amides is 1. The van der Waals surface area contributed by atoms with Crippen LogP contribution in [0.4, 0.5) is 5.69 Å². The van der Waals surface area contributed by atoms with Crippen LogP contribution in [0.2, 0.25) is 10.0 Å². The maximum Gasteiger partial charge on any atom is 0.261 e. The average molecular weight is 415 g/mol. The molecule has 1 heterocycles. The van der Waals surface area contributed by atoms with E-state index in [1.807, 2.05) is 0 Å². The minimum absolute atomic E-state index is 0.239. The fraction of sp³-hybridized carbons (Fsp3) is 0.125. The summed E-state index contributed by atoms with van der Waals surface area (Å²) in [6, 6.07) is 9.46. The number of hydrogen-bond acceptors (Lipinski definition) is 3. The first kappa shape index (κ1) is 16.5. The molecule has 1 aliphatic rings. The molecule has 23 heavy (non-hydrogen) atoms. The number of nitrogens with one attached hydrogen (secondary N) is 1. The summed E-state index contributed by atoms with van der Waals surface area (Å²) in [4.78, 5) is 24.6. The topological polar surface area (TPSA) is 66.4 Å². The molecule has 0 unspecified atom stereocenters. The summed E-state index contributed by atoms with van der Waals surface area (Å²) >= 11 is 15.0. The van der Waals surface area contributed by atoms with Crippen LogP contribution >= 0.6 is 39.1 Å². The number of hydrogen-bond donors (Lipinski definition) is 2. The summed E-state index contributed by atoms with van der Waals surface area (Å²) in [6.07, 6.45) is -0.389. The summed E-state index contributed by atoms with van der Waals surface area (Å²) in [5, 5.41) is 13.9. The molecule has 2 N–H and O–H groups in total. The molecule has 0 fully saturated rings. The largest absolute Gasteiger partial charge is 0.375 e. The van der Waals surface area contributed by atoms with Crippen LogP contribution in [0.5, 0.6) is 0 Å². The van der Waals surface area contributed by atoms with Crippen molar-refractivity contribution in [3.05, 3.63) is 62.0 Å². The fourth-order valence-electron chi connectivity index (χ4n) is 2.50. The van der Waals surface area contributed by atoms with E-state index in [-0.39, 0.29) is 17.0 Å². The summed E-state index contributed by atoms with van der Waals surface area (Å²) in [5.74, 6) is -1.03. The number of ketones is 1. The van der Waals surface area contributed by atoms with E-state index in [9.17, 15) is 14.7 Å². The van der Waals surface area contributed by atoms with E-state index in [4.69, 9.17) is 23.2 Å². The van der Waals surface area contributed by atoms with Gasteiger partial charge in [-0.1, -0.05) is 39.1 Å². The van der Waals surface area contributed by atoms with E-state index in [0.29, 0.717) is 20.7 Å². The highest BCUT2D eigenvalue weighted by Crippen LogP contribution is 2.40. The highest BCUT2D eigenvalue weighted by molar-refractivity contribution is 9.10. The van der Waals surface area contributed by atoms with Gasteiger partial charge in [0.25, 0.3) is 5.91 Å². The number of benzene rings is 2. The monoisotopic (exact) mass is 413 g/mol. The number of aliphatic hydroxyl groups is 1. The van der Waals surface area contributed by atoms with Gasteiger partial charge < -0.3 is 10.4 Å². The highest BCUT2D eigenvalue weighted by atomic mass is 79.9. The predicted octanol–water partition coefficient (Wildman–Crippen LogP) is 4.17. The molecule has 0 aromatic heterocycles. The van der Waals surface area contributed by atoms with Crippen LogP contribution in [0.15, 0.2) is 40.9 Å². The van der Waals surface area contributed by atoms with Crippen LogP contribution in [0.3, 0.4) is 0 Å². The Kier molecular flexibility index (Phi) is 4.23. The third-order valence-electron chi connectivity index (χ3n) is 3.71. The second kappa shape index (κ2) is 5.91. The normalized spacial score (nSPS) is 19.4. The molecule has 1 amide bonds. The van der Waals surface area contributed by atoms with Crippen molar-refractivity contribution in [2.45, 2.75) is 12.0 Å². The number of anilines is 1. The number of fused-ring (bicyclic) bond motifs is 1. The average Bonchev–Trinajstić information content (AvgIpc) is 2.73. The van der Waals surface area contributed by atoms with Crippen LogP contribution in [0.1, 0.15) is 22.3 Å². The molecule has 1 aliphatic heterocycles. The number of carbonyl (C=O) groups is 2. The number of Topliss-reactive ketones (excluding diaryl/α,β-unsaturated/α-hetero) is 1. The van der Waals surface area contributed by atoms with Gasteiger partial charge in [-0.2, -0.15) is 0 Å². The van der Waals surface area contributed by atoms with E-state index in [0.717, 1.165) is 0 Å². The molecule has 7 heteroatoms. The van der Waals surface area contributed by atoms with Gasteiger partial charge in [-0.3, -0.25) is 9.59 Å².